The molecule has 0 aromatic carbocycles. The molecule has 17 heavy (non-hydrogen) atoms. The molecular formula is C12H15BrN4. The molecule has 2 rings (SSSR count). The maximum atomic E-state index is 4.29. The van der Waals surface area contributed by atoms with E-state index in [0.29, 0.717) is 6.04 Å². The van der Waals surface area contributed by atoms with Gasteiger partial charge in [-0.1, -0.05) is 13.8 Å². The van der Waals surface area contributed by atoms with Crippen LogP contribution >= 0.6 is 15.9 Å². The second-order valence-corrected chi connectivity index (χ2v) is 5.08. The number of nitrogens with zero attached hydrogens (tertiary/aromatic N) is 3. The Bertz CT molecular complexity index is 476. The fraction of sp³-hybridized carbons (Fsp3) is 0.333. The topological polar surface area (TPSA) is 42.7 Å². The Morgan fingerprint density at radius 3 is 2.82 bits per heavy atom. The number of aromatic nitrogens is 3. The molecule has 0 aliphatic rings. The Balaban J connectivity index is 2.10. The summed E-state index contributed by atoms with van der Waals surface area (Å²) in [6, 6.07) is 4.36. The second kappa shape index (κ2) is 5.42. The third-order valence-corrected chi connectivity index (χ3v) is 2.77. The average Bonchev–Trinajstić information content (AvgIpc) is 2.76. The van der Waals surface area contributed by atoms with Crippen LogP contribution in [0, 0.1) is 0 Å². The van der Waals surface area contributed by atoms with Crippen LogP contribution in [-0.4, -0.2) is 20.8 Å². The van der Waals surface area contributed by atoms with E-state index in [1.807, 2.05) is 24.5 Å². The van der Waals surface area contributed by atoms with Crippen molar-refractivity contribution in [3.8, 4) is 5.82 Å². The Morgan fingerprint density at radius 2 is 2.18 bits per heavy atom. The molecule has 0 amide bonds. The molecular weight excluding hydrogens is 280 g/mol. The number of hydrogen-bond acceptors (Lipinski definition) is 3. The first kappa shape index (κ1) is 12.3. The molecule has 0 saturated carbocycles. The van der Waals surface area contributed by atoms with Crippen molar-refractivity contribution in [3.05, 3.63) is 40.8 Å². The molecule has 0 fully saturated rings. The summed E-state index contributed by atoms with van der Waals surface area (Å²) in [7, 11) is 0. The van der Waals surface area contributed by atoms with Crippen molar-refractivity contribution in [3.63, 3.8) is 0 Å². The normalized spacial score (nSPS) is 11.1. The van der Waals surface area contributed by atoms with Crippen LogP contribution in [0.1, 0.15) is 19.4 Å². The molecule has 0 atom stereocenters. The van der Waals surface area contributed by atoms with Crippen LogP contribution in [0.25, 0.3) is 5.82 Å². The molecule has 2 aromatic rings. The SMILES string of the molecule is CC(C)NCc1cnn(-c2ccc(Br)cn2)c1. The minimum absolute atomic E-state index is 0.476. The van der Waals surface area contributed by atoms with Gasteiger partial charge in [0, 0.05) is 35.0 Å². The van der Waals surface area contributed by atoms with Crippen molar-refractivity contribution in [1.29, 1.82) is 0 Å². The first-order valence-electron chi connectivity index (χ1n) is 5.54. The maximum absolute atomic E-state index is 4.29. The molecule has 90 valence electrons. The van der Waals surface area contributed by atoms with Crippen molar-refractivity contribution >= 4 is 15.9 Å². The molecule has 2 heterocycles. The summed E-state index contributed by atoms with van der Waals surface area (Å²) in [6.45, 7) is 5.08. The molecule has 4 nitrogen and oxygen atoms in total. The van der Waals surface area contributed by atoms with Crippen LogP contribution in [0.5, 0.6) is 0 Å². The zero-order valence-electron chi connectivity index (χ0n) is 9.89. The molecule has 0 spiro atoms. The Morgan fingerprint density at radius 1 is 1.35 bits per heavy atom. The third-order valence-electron chi connectivity index (χ3n) is 2.30. The molecule has 0 aliphatic heterocycles. The summed E-state index contributed by atoms with van der Waals surface area (Å²) in [5.41, 5.74) is 1.16. The summed E-state index contributed by atoms with van der Waals surface area (Å²) in [6.07, 6.45) is 5.62. The molecule has 0 radical (unpaired) electrons. The van der Waals surface area contributed by atoms with Crippen molar-refractivity contribution in [2.24, 2.45) is 0 Å². The third kappa shape index (κ3) is 3.38. The number of nitrogens with one attached hydrogen (secondary N) is 1. The zero-order valence-corrected chi connectivity index (χ0v) is 11.5. The lowest BCUT2D eigenvalue weighted by Crippen LogP contribution is -2.21. The van der Waals surface area contributed by atoms with E-state index in [9.17, 15) is 0 Å². The minimum atomic E-state index is 0.476. The minimum Gasteiger partial charge on any atom is -0.310 e. The van der Waals surface area contributed by atoms with Gasteiger partial charge in [-0.15, -0.1) is 0 Å². The van der Waals surface area contributed by atoms with E-state index in [1.165, 1.54) is 0 Å². The van der Waals surface area contributed by atoms with Crippen molar-refractivity contribution < 1.29 is 0 Å². The summed E-state index contributed by atoms with van der Waals surface area (Å²) in [4.78, 5) is 4.29. The predicted molar refractivity (Wildman–Crippen MR) is 71.0 cm³/mol. The van der Waals surface area contributed by atoms with E-state index in [4.69, 9.17) is 0 Å². The van der Waals surface area contributed by atoms with Gasteiger partial charge < -0.3 is 5.32 Å². The quantitative estimate of drug-likeness (QED) is 0.942. The predicted octanol–water partition coefficient (Wildman–Crippen LogP) is 2.53. The molecule has 2 aromatic heterocycles. The van der Waals surface area contributed by atoms with E-state index in [1.54, 1.807) is 10.9 Å². The summed E-state index contributed by atoms with van der Waals surface area (Å²) in [5, 5.41) is 7.65. The number of halogens is 1. The first-order valence-corrected chi connectivity index (χ1v) is 6.33. The fourth-order valence-electron chi connectivity index (χ4n) is 1.40. The van der Waals surface area contributed by atoms with Crippen molar-refractivity contribution in [2.45, 2.75) is 26.4 Å². The van der Waals surface area contributed by atoms with E-state index in [2.05, 4.69) is 45.2 Å². The van der Waals surface area contributed by atoms with Crippen LogP contribution in [0.2, 0.25) is 0 Å². The largest absolute Gasteiger partial charge is 0.310 e. The smallest absolute Gasteiger partial charge is 0.153 e. The standard InChI is InChI=1S/C12H15BrN4/c1-9(2)14-5-10-6-16-17(8-10)12-4-3-11(13)7-15-12/h3-4,6-9,14H,5H2,1-2H3. The monoisotopic (exact) mass is 294 g/mol. The van der Waals surface area contributed by atoms with E-state index in [-0.39, 0.29) is 0 Å². The highest BCUT2D eigenvalue weighted by atomic mass is 79.9. The maximum Gasteiger partial charge on any atom is 0.153 e. The van der Waals surface area contributed by atoms with Crippen LogP contribution in [0.15, 0.2) is 35.2 Å². The van der Waals surface area contributed by atoms with Crippen LogP contribution in [0.4, 0.5) is 0 Å². The summed E-state index contributed by atoms with van der Waals surface area (Å²) in [5.74, 6) is 0.823. The van der Waals surface area contributed by atoms with Gasteiger partial charge in [-0.3, -0.25) is 0 Å². The molecule has 5 heteroatoms. The summed E-state index contributed by atoms with van der Waals surface area (Å²) >= 11 is 3.36. The van der Waals surface area contributed by atoms with Crippen molar-refractivity contribution in [2.75, 3.05) is 0 Å². The van der Waals surface area contributed by atoms with Gasteiger partial charge in [0.15, 0.2) is 5.82 Å². The molecule has 0 saturated heterocycles. The van der Waals surface area contributed by atoms with Gasteiger partial charge in [0.25, 0.3) is 0 Å². The highest BCUT2D eigenvalue weighted by Crippen LogP contribution is 2.10. The number of rotatable bonds is 4. The van der Waals surface area contributed by atoms with Gasteiger partial charge >= 0.3 is 0 Å². The van der Waals surface area contributed by atoms with E-state index >= 15 is 0 Å². The lowest BCUT2D eigenvalue weighted by molar-refractivity contribution is 0.589. The second-order valence-electron chi connectivity index (χ2n) is 4.16. The fourth-order valence-corrected chi connectivity index (χ4v) is 1.64. The Labute approximate surface area is 109 Å². The molecule has 0 aliphatic carbocycles. The number of pyridine rings is 1. The van der Waals surface area contributed by atoms with Crippen molar-refractivity contribution in [1.82, 2.24) is 20.1 Å². The van der Waals surface area contributed by atoms with Gasteiger partial charge in [-0.05, 0) is 28.1 Å². The lowest BCUT2D eigenvalue weighted by Gasteiger charge is -2.05. The Hall–Kier alpha value is -1.20. The molecule has 0 bridgehead atoms. The average molecular weight is 295 g/mol. The molecule has 1 N–H and O–H groups in total. The lowest BCUT2D eigenvalue weighted by atomic mass is 10.3. The Kier molecular flexibility index (Phi) is 3.91. The summed E-state index contributed by atoms with van der Waals surface area (Å²) < 4.78 is 2.75. The van der Waals surface area contributed by atoms with Gasteiger partial charge in [0.1, 0.15) is 0 Å². The zero-order chi connectivity index (χ0) is 12.3. The highest BCUT2D eigenvalue weighted by Gasteiger charge is 2.02. The van der Waals surface area contributed by atoms with Gasteiger partial charge in [0.05, 0.1) is 6.20 Å². The number of hydrogen-bond donors (Lipinski definition) is 1. The van der Waals surface area contributed by atoms with Gasteiger partial charge in [0.2, 0.25) is 0 Å². The van der Waals surface area contributed by atoms with E-state index in [0.717, 1.165) is 22.4 Å². The van der Waals surface area contributed by atoms with Gasteiger partial charge in [-0.2, -0.15) is 5.10 Å². The van der Waals surface area contributed by atoms with E-state index < -0.39 is 0 Å². The molecule has 0 unspecified atom stereocenters. The highest BCUT2D eigenvalue weighted by molar-refractivity contribution is 9.10. The van der Waals surface area contributed by atoms with Crippen LogP contribution < -0.4 is 5.32 Å². The van der Waals surface area contributed by atoms with Crippen LogP contribution in [0.3, 0.4) is 0 Å². The van der Waals surface area contributed by atoms with Crippen LogP contribution in [-0.2, 0) is 6.54 Å². The first-order chi connectivity index (χ1) is 8.15. The van der Waals surface area contributed by atoms with Gasteiger partial charge in [-0.25, -0.2) is 9.67 Å².